The number of hydrogen-bond acceptors (Lipinski definition) is 4. The van der Waals surface area contributed by atoms with Crippen molar-refractivity contribution in [1.29, 1.82) is 0 Å². The first-order valence-corrected chi connectivity index (χ1v) is 11.1. The van der Waals surface area contributed by atoms with Crippen molar-refractivity contribution in [3.63, 3.8) is 0 Å². The molecule has 2 aromatic carbocycles. The Balaban J connectivity index is 1.70. The molecule has 0 radical (unpaired) electrons. The summed E-state index contributed by atoms with van der Waals surface area (Å²) < 4.78 is 2.02. The number of rotatable bonds is 5. The van der Waals surface area contributed by atoms with Crippen LogP contribution >= 0.6 is 0 Å². The van der Waals surface area contributed by atoms with Crippen molar-refractivity contribution in [2.75, 3.05) is 17.3 Å². The SMILES string of the molecule is Cc1nc2c(cc1N(C)C1C=CC=CC1)c(=O)cc(Nc1ccccc1)n2-c1ccccc1. The monoisotopic (exact) mass is 434 g/mol. The van der Waals surface area contributed by atoms with Gasteiger partial charge >= 0.3 is 0 Å². The van der Waals surface area contributed by atoms with E-state index in [2.05, 4.69) is 41.6 Å². The zero-order valence-corrected chi connectivity index (χ0v) is 18.8. The molecule has 0 saturated heterocycles. The van der Waals surface area contributed by atoms with Gasteiger partial charge in [-0.05, 0) is 43.7 Å². The van der Waals surface area contributed by atoms with E-state index in [0.29, 0.717) is 16.9 Å². The van der Waals surface area contributed by atoms with E-state index >= 15 is 0 Å². The number of likely N-dealkylation sites (N-methyl/N-ethyl adjacent to an activating group) is 1. The Morgan fingerprint density at radius 2 is 1.73 bits per heavy atom. The molecule has 0 fully saturated rings. The second-order valence-electron chi connectivity index (χ2n) is 8.25. The van der Waals surface area contributed by atoms with Crippen LogP contribution in [-0.4, -0.2) is 22.6 Å². The van der Waals surface area contributed by atoms with Crippen molar-refractivity contribution in [2.24, 2.45) is 0 Å². The molecule has 33 heavy (non-hydrogen) atoms. The van der Waals surface area contributed by atoms with Gasteiger partial charge in [-0.15, -0.1) is 0 Å². The van der Waals surface area contributed by atoms with E-state index in [0.717, 1.165) is 29.2 Å². The first-order valence-electron chi connectivity index (χ1n) is 11.1. The maximum absolute atomic E-state index is 13.3. The molecule has 0 amide bonds. The highest BCUT2D eigenvalue weighted by Gasteiger charge is 2.19. The maximum Gasteiger partial charge on any atom is 0.193 e. The van der Waals surface area contributed by atoms with E-state index < -0.39 is 0 Å². The molecule has 2 heterocycles. The van der Waals surface area contributed by atoms with Gasteiger partial charge in [0.15, 0.2) is 5.43 Å². The third-order valence-electron chi connectivity index (χ3n) is 6.05. The number of aryl methyl sites for hydroxylation is 1. The highest BCUT2D eigenvalue weighted by Crippen LogP contribution is 2.29. The van der Waals surface area contributed by atoms with Crippen molar-refractivity contribution in [1.82, 2.24) is 9.55 Å². The van der Waals surface area contributed by atoms with E-state index in [-0.39, 0.29) is 11.5 Å². The van der Waals surface area contributed by atoms with Crippen LogP contribution in [0.3, 0.4) is 0 Å². The number of benzene rings is 2. The number of nitrogens with one attached hydrogen (secondary N) is 1. The van der Waals surface area contributed by atoms with Gasteiger partial charge < -0.3 is 10.2 Å². The van der Waals surface area contributed by atoms with Crippen molar-refractivity contribution in [3.8, 4) is 5.69 Å². The minimum Gasteiger partial charge on any atom is -0.366 e. The van der Waals surface area contributed by atoms with Crippen molar-refractivity contribution >= 4 is 28.2 Å². The molecular weight excluding hydrogens is 408 g/mol. The van der Waals surface area contributed by atoms with Crippen molar-refractivity contribution < 1.29 is 0 Å². The van der Waals surface area contributed by atoms with Crippen LogP contribution in [0.25, 0.3) is 16.7 Å². The number of fused-ring (bicyclic) bond motifs is 1. The molecule has 0 aliphatic heterocycles. The fourth-order valence-corrected chi connectivity index (χ4v) is 4.30. The summed E-state index contributed by atoms with van der Waals surface area (Å²) in [6, 6.07) is 23.8. The predicted octanol–water partition coefficient (Wildman–Crippen LogP) is 5.76. The fraction of sp³-hybridized carbons (Fsp3) is 0.143. The van der Waals surface area contributed by atoms with Crippen LogP contribution in [0.5, 0.6) is 0 Å². The van der Waals surface area contributed by atoms with Gasteiger partial charge in [-0.2, -0.15) is 0 Å². The molecule has 164 valence electrons. The molecule has 1 unspecified atom stereocenters. The van der Waals surface area contributed by atoms with Crippen LogP contribution in [0, 0.1) is 6.92 Å². The van der Waals surface area contributed by atoms with Gasteiger partial charge in [0.1, 0.15) is 11.5 Å². The summed E-state index contributed by atoms with van der Waals surface area (Å²) in [6.07, 6.45) is 9.40. The van der Waals surface area contributed by atoms with E-state index in [1.54, 1.807) is 6.07 Å². The van der Waals surface area contributed by atoms with E-state index in [1.807, 2.05) is 78.2 Å². The lowest BCUT2D eigenvalue weighted by atomic mass is 10.1. The second kappa shape index (κ2) is 8.79. The molecule has 0 bridgehead atoms. The standard InChI is InChI=1S/C28H26N4O/c1-20-25(31(2)22-14-8-4-9-15-22)18-24-26(33)19-27(30-21-12-6-3-7-13-21)32(28(24)29-20)23-16-10-5-11-17-23/h3-14,16-19,22,30H,15H2,1-2H3. The predicted molar refractivity (Wildman–Crippen MR) is 137 cm³/mol. The highest BCUT2D eigenvalue weighted by atomic mass is 16.1. The number of pyridine rings is 2. The normalized spacial score (nSPS) is 15.0. The lowest BCUT2D eigenvalue weighted by Gasteiger charge is -2.29. The summed E-state index contributed by atoms with van der Waals surface area (Å²) >= 11 is 0. The molecule has 0 spiro atoms. The fourth-order valence-electron chi connectivity index (χ4n) is 4.30. The summed E-state index contributed by atoms with van der Waals surface area (Å²) in [4.78, 5) is 20.5. The number of anilines is 3. The van der Waals surface area contributed by atoms with Gasteiger partial charge in [0, 0.05) is 24.5 Å². The van der Waals surface area contributed by atoms with Crippen LogP contribution in [0.4, 0.5) is 17.2 Å². The maximum atomic E-state index is 13.3. The average molecular weight is 435 g/mol. The van der Waals surface area contributed by atoms with Crippen LogP contribution in [0.1, 0.15) is 12.1 Å². The first-order chi connectivity index (χ1) is 16.1. The first kappa shape index (κ1) is 20.8. The van der Waals surface area contributed by atoms with Crippen molar-refractivity contribution in [3.05, 3.63) is 113 Å². The molecular formula is C28H26N4O. The lowest BCUT2D eigenvalue weighted by molar-refractivity contribution is 0.749. The summed E-state index contributed by atoms with van der Waals surface area (Å²) in [6.45, 7) is 2.00. The summed E-state index contributed by atoms with van der Waals surface area (Å²) in [5.74, 6) is 0.679. The molecule has 1 atom stereocenters. The molecule has 1 N–H and O–H groups in total. The minimum atomic E-state index is -0.0585. The molecule has 5 nitrogen and oxygen atoms in total. The Morgan fingerprint density at radius 3 is 2.42 bits per heavy atom. The van der Waals surface area contributed by atoms with Gasteiger partial charge in [0.2, 0.25) is 0 Å². The molecule has 4 aromatic rings. The van der Waals surface area contributed by atoms with Gasteiger partial charge in [-0.1, -0.05) is 60.7 Å². The Kier molecular flexibility index (Phi) is 5.53. The molecule has 1 aliphatic rings. The van der Waals surface area contributed by atoms with Gasteiger partial charge in [-0.3, -0.25) is 9.36 Å². The molecule has 2 aromatic heterocycles. The second-order valence-corrected chi connectivity index (χ2v) is 8.25. The van der Waals surface area contributed by atoms with Gasteiger partial charge in [-0.25, -0.2) is 4.98 Å². The Hall–Kier alpha value is -4.12. The Morgan fingerprint density at radius 1 is 1.00 bits per heavy atom. The van der Waals surface area contributed by atoms with E-state index in [4.69, 9.17) is 4.98 Å². The zero-order chi connectivity index (χ0) is 22.8. The third-order valence-corrected chi connectivity index (χ3v) is 6.05. The number of para-hydroxylation sites is 2. The minimum absolute atomic E-state index is 0.0585. The van der Waals surface area contributed by atoms with E-state index in [1.165, 1.54) is 0 Å². The summed E-state index contributed by atoms with van der Waals surface area (Å²) in [5, 5.41) is 4.01. The topological polar surface area (TPSA) is 50.2 Å². The largest absolute Gasteiger partial charge is 0.366 e. The summed E-state index contributed by atoms with van der Waals surface area (Å²) in [7, 11) is 2.06. The highest BCUT2D eigenvalue weighted by molar-refractivity contribution is 5.84. The van der Waals surface area contributed by atoms with Crippen LogP contribution < -0.4 is 15.6 Å². The Labute approximate surface area is 193 Å². The van der Waals surface area contributed by atoms with Crippen molar-refractivity contribution in [2.45, 2.75) is 19.4 Å². The zero-order valence-electron chi connectivity index (χ0n) is 18.8. The lowest BCUT2D eigenvalue weighted by Crippen LogP contribution is -2.31. The number of aromatic nitrogens is 2. The molecule has 1 aliphatic carbocycles. The molecule has 5 rings (SSSR count). The molecule has 0 saturated carbocycles. The smallest absolute Gasteiger partial charge is 0.193 e. The van der Waals surface area contributed by atoms with Crippen LogP contribution in [0.2, 0.25) is 0 Å². The number of nitrogens with zero attached hydrogens (tertiary/aromatic N) is 3. The van der Waals surface area contributed by atoms with Crippen LogP contribution in [0.15, 0.2) is 102 Å². The summed E-state index contributed by atoms with van der Waals surface area (Å²) in [5.41, 5.74) is 4.28. The van der Waals surface area contributed by atoms with Gasteiger partial charge in [0.25, 0.3) is 0 Å². The number of hydrogen-bond donors (Lipinski definition) is 1. The quantitative estimate of drug-likeness (QED) is 0.434. The Bertz CT molecular complexity index is 1410. The molecule has 5 heteroatoms. The van der Waals surface area contributed by atoms with Gasteiger partial charge in [0.05, 0.1) is 22.8 Å². The third kappa shape index (κ3) is 4.05. The average Bonchev–Trinajstić information content (AvgIpc) is 2.85. The number of allylic oxidation sites excluding steroid dienone is 2. The van der Waals surface area contributed by atoms with Crippen LogP contribution in [-0.2, 0) is 0 Å². The van der Waals surface area contributed by atoms with E-state index in [9.17, 15) is 4.79 Å².